The molecule has 0 unspecified atom stereocenters. The van der Waals surface area contributed by atoms with Crippen LogP contribution in [0.25, 0.3) is 5.69 Å². The number of benzene rings is 1. The van der Waals surface area contributed by atoms with Crippen molar-refractivity contribution in [2.75, 3.05) is 0 Å². The zero-order valence-electron chi connectivity index (χ0n) is 7.41. The molecule has 0 aliphatic heterocycles. The molecule has 1 aromatic heterocycles. The topological polar surface area (TPSA) is 30.7 Å². The third-order valence-corrected chi connectivity index (χ3v) is 2.64. The highest BCUT2D eigenvalue weighted by Gasteiger charge is 2.06. The Morgan fingerprint density at radius 2 is 1.93 bits per heavy atom. The third-order valence-electron chi connectivity index (χ3n) is 1.91. The first kappa shape index (κ1) is 9.33. The van der Waals surface area contributed by atoms with Crippen molar-refractivity contribution in [3.63, 3.8) is 0 Å². The highest BCUT2D eigenvalue weighted by Crippen LogP contribution is 2.16. The average molecular weight is 256 g/mol. The SMILES string of the molecule is Cc1c(Br)nnn1-c1ccc(F)cc1. The second-order valence-electron chi connectivity index (χ2n) is 2.85. The smallest absolute Gasteiger partial charge is 0.151 e. The Morgan fingerprint density at radius 1 is 1.29 bits per heavy atom. The van der Waals surface area contributed by atoms with Gasteiger partial charge in [0, 0.05) is 0 Å². The molecule has 0 bridgehead atoms. The lowest BCUT2D eigenvalue weighted by atomic mass is 10.3. The first-order chi connectivity index (χ1) is 6.68. The minimum absolute atomic E-state index is 0.259. The van der Waals surface area contributed by atoms with Crippen molar-refractivity contribution in [2.45, 2.75) is 6.92 Å². The molecule has 0 aliphatic carbocycles. The summed E-state index contributed by atoms with van der Waals surface area (Å²) >= 11 is 3.26. The van der Waals surface area contributed by atoms with Crippen LogP contribution in [-0.4, -0.2) is 15.0 Å². The Hall–Kier alpha value is -1.23. The Labute approximate surface area is 88.7 Å². The van der Waals surface area contributed by atoms with Crippen LogP contribution in [0.3, 0.4) is 0 Å². The fourth-order valence-electron chi connectivity index (χ4n) is 1.14. The zero-order valence-corrected chi connectivity index (χ0v) is 8.99. The van der Waals surface area contributed by atoms with Crippen LogP contribution in [0.4, 0.5) is 4.39 Å². The van der Waals surface area contributed by atoms with Crippen molar-refractivity contribution in [3.8, 4) is 5.69 Å². The number of halogens is 2. The largest absolute Gasteiger partial charge is 0.217 e. The highest BCUT2D eigenvalue weighted by molar-refractivity contribution is 9.10. The number of nitrogens with zero attached hydrogens (tertiary/aromatic N) is 3. The van der Waals surface area contributed by atoms with E-state index in [9.17, 15) is 4.39 Å². The van der Waals surface area contributed by atoms with Gasteiger partial charge in [-0.15, -0.1) is 5.10 Å². The van der Waals surface area contributed by atoms with Crippen LogP contribution in [0.15, 0.2) is 28.9 Å². The van der Waals surface area contributed by atoms with E-state index < -0.39 is 0 Å². The van der Waals surface area contributed by atoms with Crippen molar-refractivity contribution in [2.24, 2.45) is 0 Å². The molecule has 0 saturated heterocycles. The summed E-state index contributed by atoms with van der Waals surface area (Å²) in [6.45, 7) is 1.88. The maximum Gasteiger partial charge on any atom is 0.151 e. The van der Waals surface area contributed by atoms with E-state index in [0.29, 0.717) is 4.60 Å². The van der Waals surface area contributed by atoms with Gasteiger partial charge in [0.05, 0.1) is 11.4 Å². The van der Waals surface area contributed by atoms with Gasteiger partial charge in [-0.1, -0.05) is 5.21 Å². The summed E-state index contributed by atoms with van der Waals surface area (Å²) < 4.78 is 15.0. The highest BCUT2D eigenvalue weighted by atomic mass is 79.9. The molecule has 0 N–H and O–H groups in total. The molecule has 1 aromatic carbocycles. The van der Waals surface area contributed by atoms with Gasteiger partial charge in [-0.05, 0) is 47.1 Å². The van der Waals surface area contributed by atoms with Gasteiger partial charge < -0.3 is 0 Å². The molecule has 0 saturated carbocycles. The maximum absolute atomic E-state index is 12.7. The van der Waals surface area contributed by atoms with Crippen molar-refractivity contribution < 1.29 is 4.39 Å². The van der Waals surface area contributed by atoms with E-state index in [0.717, 1.165) is 11.4 Å². The van der Waals surface area contributed by atoms with Crippen molar-refractivity contribution in [1.82, 2.24) is 15.0 Å². The molecule has 3 nitrogen and oxygen atoms in total. The monoisotopic (exact) mass is 255 g/mol. The molecule has 0 aliphatic rings. The second-order valence-corrected chi connectivity index (χ2v) is 3.61. The van der Waals surface area contributed by atoms with Gasteiger partial charge in [-0.3, -0.25) is 0 Å². The molecule has 72 valence electrons. The van der Waals surface area contributed by atoms with Crippen LogP contribution in [0.5, 0.6) is 0 Å². The van der Waals surface area contributed by atoms with Gasteiger partial charge >= 0.3 is 0 Å². The van der Waals surface area contributed by atoms with Crippen molar-refractivity contribution >= 4 is 15.9 Å². The van der Waals surface area contributed by atoms with E-state index in [1.54, 1.807) is 16.8 Å². The summed E-state index contributed by atoms with van der Waals surface area (Å²) in [5, 5.41) is 7.76. The normalized spacial score (nSPS) is 10.5. The molecule has 2 aromatic rings. The molecule has 14 heavy (non-hydrogen) atoms. The second kappa shape index (κ2) is 3.49. The van der Waals surface area contributed by atoms with Crippen LogP contribution >= 0.6 is 15.9 Å². The molecule has 0 spiro atoms. The zero-order chi connectivity index (χ0) is 10.1. The fraction of sp³-hybridized carbons (Fsp3) is 0.111. The fourth-order valence-corrected chi connectivity index (χ4v) is 1.38. The van der Waals surface area contributed by atoms with E-state index in [4.69, 9.17) is 0 Å². The maximum atomic E-state index is 12.7. The Bertz CT molecular complexity index is 450. The van der Waals surface area contributed by atoms with Crippen LogP contribution < -0.4 is 0 Å². The molecular weight excluding hydrogens is 249 g/mol. The predicted octanol–water partition coefficient (Wildman–Crippen LogP) is 2.48. The van der Waals surface area contributed by atoms with Crippen LogP contribution in [0.1, 0.15) is 5.69 Å². The lowest BCUT2D eigenvalue weighted by Crippen LogP contribution is -1.98. The molecule has 1 heterocycles. The van der Waals surface area contributed by atoms with Crippen LogP contribution in [0, 0.1) is 12.7 Å². The Kier molecular flexibility index (Phi) is 2.33. The Morgan fingerprint density at radius 3 is 2.43 bits per heavy atom. The molecule has 0 amide bonds. The van der Waals surface area contributed by atoms with Gasteiger partial charge in [-0.25, -0.2) is 9.07 Å². The van der Waals surface area contributed by atoms with E-state index in [-0.39, 0.29) is 5.82 Å². The number of aromatic nitrogens is 3. The lowest BCUT2D eigenvalue weighted by molar-refractivity contribution is 0.626. The number of rotatable bonds is 1. The molecule has 5 heteroatoms. The van der Waals surface area contributed by atoms with Crippen LogP contribution in [0.2, 0.25) is 0 Å². The van der Waals surface area contributed by atoms with E-state index in [2.05, 4.69) is 26.2 Å². The average Bonchev–Trinajstić information content (AvgIpc) is 2.50. The molecule has 0 atom stereocenters. The van der Waals surface area contributed by atoms with E-state index in [1.807, 2.05) is 6.92 Å². The summed E-state index contributed by atoms with van der Waals surface area (Å²) in [5.74, 6) is -0.259. The van der Waals surface area contributed by atoms with Crippen molar-refractivity contribution in [1.29, 1.82) is 0 Å². The quantitative estimate of drug-likeness (QED) is 0.784. The Balaban J connectivity index is 2.49. The van der Waals surface area contributed by atoms with Gasteiger partial charge in [0.15, 0.2) is 4.60 Å². The third kappa shape index (κ3) is 1.55. The van der Waals surface area contributed by atoms with Gasteiger partial charge in [0.1, 0.15) is 5.82 Å². The first-order valence-electron chi connectivity index (χ1n) is 4.02. The summed E-state index contributed by atoms with van der Waals surface area (Å²) in [5.41, 5.74) is 1.68. The summed E-state index contributed by atoms with van der Waals surface area (Å²) in [4.78, 5) is 0. The van der Waals surface area contributed by atoms with Crippen LogP contribution in [-0.2, 0) is 0 Å². The molecule has 0 radical (unpaired) electrons. The summed E-state index contributed by atoms with van der Waals surface area (Å²) in [6, 6.07) is 6.10. The lowest BCUT2D eigenvalue weighted by Gasteiger charge is -2.01. The van der Waals surface area contributed by atoms with Gasteiger partial charge in [0.25, 0.3) is 0 Å². The predicted molar refractivity (Wildman–Crippen MR) is 53.8 cm³/mol. The van der Waals surface area contributed by atoms with E-state index in [1.165, 1.54) is 12.1 Å². The van der Waals surface area contributed by atoms with Crippen molar-refractivity contribution in [3.05, 3.63) is 40.4 Å². The number of hydrogen-bond acceptors (Lipinski definition) is 2. The standard InChI is InChI=1S/C9H7BrFN3/c1-6-9(10)12-13-14(6)8-4-2-7(11)3-5-8/h2-5H,1H3. The summed E-state index contributed by atoms with van der Waals surface area (Å²) in [7, 11) is 0. The summed E-state index contributed by atoms with van der Waals surface area (Å²) in [6.07, 6.45) is 0. The molecular formula is C9H7BrFN3. The first-order valence-corrected chi connectivity index (χ1v) is 4.81. The molecule has 0 fully saturated rings. The van der Waals surface area contributed by atoms with Gasteiger partial charge in [-0.2, -0.15) is 0 Å². The minimum atomic E-state index is -0.259. The van der Waals surface area contributed by atoms with E-state index >= 15 is 0 Å². The number of hydrogen-bond donors (Lipinski definition) is 0. The minimum Gasteiger partial charge on any atom is -0.217 e. The molecule has 2 rings (SSSR count). The van der Waals surface area contributed by atoms with Gasteiger partial charge in [0.2, 0.25) is 0 Å².